The Morgan fingerprint density at radius 2 is 1.94 bits per heavy atom. The Kier molecular flexibility index (Phi) is 5.32. The summed E-state index contributed by atoms with van der Waals surface area (Å²) in [7, 11) is 0. The van der Waals surface area contributed by atoms with E-state index < -0.39 is 0 Å². The van der Waals surface area contributed by atoms with Crippen molar-refractivity contribution in [1.82, 2.24) is 0 Å². The summed E-state index contributed by atoms with van der Waals surface area (Å²) in [5.41, 5.74) is 2.70. The maximum atomic E-state index is 9.20. The molecule has 1 aromatic rings. The highest BCUT2D eigenvalue weighted by molar-refractivity contribution is 5.72. The molecule has 0 aromatic heterocycles. The zero-order valence-corrected chi connectivity index (χ0v) is 10.4. The third-order valence-corrected chi connectivity index (χ3v) is 2.56. The fraction of sp³-hybridized carbons (Fsp3) is 0.333. The van der Waals surface area contributed by atoms with Crippen molar-refractivity contribution in [2.45, 2.75) is 20.3 Å². The van der Waals surface area contributed by atoms with Gasteiger partial charge in [0.2, 0.25) is 0 Å². The average Bonchev–Trinajstić information content (AvgIpc) is 2.37. The van der Waals surface area contributed by atoms with Gasteiger partial charge in [-0.05, 0) is 36.6 Å². The molecule has 0 saturated heterocycles. The van der Waals surface area contributed by atoms with Crippen molar-refractivity contribution in [3.63, 3.8) is 0 Å². The largest absolute Gasteiger partial charge is 0.494 e. The fourth-order valence-corrected chi connectivity index (χ4v) is 1.74. The molecule has 0 fully saturated rings. The van der Waals surface area contributed by atoms with E-state index in [1.165, 1.54) is 0 Å². The minimum absolute atomic E-state index is 0.0904. The van der Waals surface area contributed by atoms with Crippen LogP contribution in [0.4, 0.5) is 0 Å². The van der Waals surface area contributed by atoms with E-state index in [9.17, 15) is 5.11 Å². The Balaban J connectivity index is 3.06. The minimum Gasteiger partial charge on any atom is -0.494 e. The number of terminal acetylenes is 1. The summed E-state index contributed by atoms with van der Waals surface area (Å²) in [5.74, 6) is 3.38. The number of aliphatic hydroxyl groups excluding tert-OH is 1. The van der Waals surface area contributed by atoms with Crippen LogP contribution in [0.5, 0.6) is 5.75 Å². The number of rotatable bonds is 5. The Hall–Kier alpha value is -1.72. The van der Waals surface area contributed by atoms with E-state index in [2.05, 4.69) is 5.92 Å². The van der Waals surface area contributed by atoms with Crippen molar-refractivity contribution < 1.29 is 9.84 Å². The molecule has 1 N–H and O–H groups in total. The second-order valence-electron chi connectivity index (χ2n) is 3.57. The highest BCUT2D eigenvalue weighted by Gasteiger charge is 2.05. The lowest BCUT2D eigenvalue weighted by molar-refractivity contribution is 0.336. The van der Waals surface area contributed by atoms with E-state index in [0.717, 1.165) is 23.3 Å². The SMILES string of the molecule is C#CC(CO)=C(CC)c1ccc(OCC)cc1. The van der Waals surface area contributed by atoms with Gasteiger partial charge in [-0.25, -0.2) is 0 Å². The van der Waals surface area contributed by atoms with E-state index in [1.807, 2.05) is 38.1 Å². The van der Waals surface area contributed by atoms with Crippen molar-refractivity contribution in [1.29, 1.82) is 0 Å². The van der Waals surface area contributed by atoms with Crippen molar-refractivity contribution in [3.05, 3.63) is 35.4 Å². The molecule has 0 saturated carbocycles. The molecule has 0 radical (unpaired) electrons. The van der Waals surface area contributed by atoms with E-state index in [1.54, 1.807) is 0 Å². The molecule has 17 heavy (non-hydrogen) atoms. The summed E-state index contributed by atoms with van der Waals surface area (Å²) in [4.78, 5) is 0. The molecular weight excluding hydrogens is 212 g/mol. The summed E-state index contributed by atoms with van der Waals surface area (Å²) in [6.07, 6.45) is 6.18. The van der Waals surface area contributed by atoms with Crippen LogP contribution < -0.4 is 4.74 Å². The molecule has 0 aliphatic carbocycles. The van der Waals surface area contributed by atoms with Crippen LogP contribution in [0, 0.1) is 12.3 Å². The number of aliphatic hydroxyl groups is 1. The van der Waals surface area contributed by atoms with Gasteiger partial charge in [0.05, 0.1) is 13.2 Å². The molecule has 0 bridgehead atoms. The molecule has 0 aliphatic rings. The summed E-state index contributed by atoms with van der Waals surface area (Å²) < 4.78 is 5.38. The molecule has 0 atom stereocenters. The normalized spacial score (nSPS) is 11.6. The fourth-order valence-electron chi connectivity index (χ4n) is 1.74. The zero-order chi connectivity index (χ0) is 12.7. The van der Waals surface area contributed by atoms with Gasteiger partial charge >= 0.3 is 0 Å². The first-order valence-electron chi connectivity index (χ1n) is 5.79. The Labute approximate surface area is 103 Å². The van der Waals surface area contributed by atoms with Crippen LogP contribution in [0.15, 0.2) is 29.8 Å². The summed E-state index contributed by atoms with van der Waals surface area (Å²) in [6, 6.07) is 7.77. The third kappa shape index (κ3) is 3.37. The minimum atomic E-state index is -0.0904. The molecule has 1 rings (SSSR count). The monoisotopic (exact) mass is 230 g/mol. The van der Waals surface area contributed by atoms with E-state index in [4.69, 9.17) is 11.2 Å². The molecule has 90 valence electrons. The first kappa shape index (κ1) is 13.3. The molecule has 0 aliphatic heterocycles. The standard InChI is InChI=1S/C15H18O2/c1-4-12(11-16)15(5-2)13-7-9-14(10-8-13)17-6-3/h1,7-10,16H,5-6,11H2,2-3H3. The second kappa shape index (κ2) is 6.78. The quantitative estimate of drug-likeness (QED) is 0.788. The van der Waals surface area contributed by atoms with E-state index >= 15 is 0 Å². The summed E-state index contributed by atoms with van der Waals surface area (Å²) >= 11 is 0. The van der Waals surface area contributed by atoms with Gasteiger partial charge in [0, 0.05) is 5.57 Å². The average molecular weight is 230 g/mol. The maximum absolute atomic E-state index is 9.20. The van der Waals surface area contributed by atoms with Crippen molar-refractivity contribution in [2.24, 2.45) is 0 Å². The summed E-state index contributed by atoms with van der Waals surface area (Å²) in [6.45, 7) is 4.54. The lowest BCUT2D eigenvalue weighted by atomic mass is 9.98. The van der Waals surface area contributed by atoms with Gasteiger partial charge in [0.1, 0.15) is 5.75 Å². The Morgan fingerprint density at radius 3 is 2.35 bits per heavy atom. The molecule has 0 spiro atoms. The topological polar surface area (TPSA) is 29.5 Å². The second-order valence-corrected chi connectivity index (χ2v) is 3.57. The van der Waals surface area contributed by atoms with Gasteiger partial charge in [-0.3, -0.25) is 0 Å². The van der Waals surface area contributed by atoms with Crippen LogP contribution in [0.3, 0.4) is 0 Å². The Bertz CT molecular complexity index is 421. The van der Waals surface area contributed by atoms with Crippen LogP contribution in [-0.2, 0) is 0 Å². The highest BCUT2D eigenvalue weighted by atomic mass is 16.5. The molecule has 2 nitrogen and oxygen atoms in total. The Morgan fingerprint density at radius 1 is 1.29 bits per heavy atom. The van der Waals surface area contributed by atoms with Gasteiger partial charge in [-0.15, -0.1) is 6.42 Å². The molecule has 2 heteroatoms. The van der Waals surface area contributed by atoms with Gasteiger partial charge < -0.3 is 9.84 Å². The zero-order valence-electron chi connectivity index (χ0n) is 10.4. The highest BCUT2D eigenvalue weighted by Crippen LogP contribution is 2.24. The lowest BCUT2D eigenvalue weighted by Gasteiger charge is -2.09. The molecule has 0 unspecified atom stereocenters. The number of benzene rings is 1. The van der Waals surface area contributed by atoms with E-state index in [-0.39, 0.29) is 6.61 Å². The molecule has 1 aromatic carbocycles. The van der Waals surface area contributed by atoms with Crippen LogP contribution in [-0.4, -0.2) is 18.3 Å². The van der Waals surface area contributed by atoms with Gasteiger partial charge in [-0.2, -0.15) is 0 Å². The number of hydrogen-bond acceptors (Lipinski definition) is 2. The number of ether oxygens (including phenoxy) is 1. The van der Waals surface area contributed by atoms with Crippen LogP contribution in [0.2, 0.25) is 0 Å². The smallest absolute Gasteiger partial charge is 0.119 e. The van der Waals surface area contributed by atoms with Crippen molar-refractivity contribution >= 4 is 5.57 Å². The van der Waals surface area contributed by atoms with Gasteiger partial charge in [0.25, 0.3) is 0 Å². The lowest BCUT2D eigenvalue weighted by Crippen LogP contribution is -1.95. The number of hydrogen-bond donors (Lipinski definition) is 1. The molecular formula is C15H18O2. The predicted molar refractivity (Wildman–Crippen MR) is 70.7 cm³/mol. The van der Waals surface area contributed by atoms with Gasteiger partial charge in [-0.1, -0.05) is 25.0 Å². The van der Waals surface area contributed by atoms with E-state index in [0.29, 0.717) is 12.2 Å². The van der Waals surface area contributed by atoms with Crippen molar-refractivity contribution in [2.75, 3.05) is 13.2 Å². The molecule has 0 amide bonds. The third-order valence-electron chi connectivity index (χ3n) is 2.56. The van der Waals surface area contributed by atoms with Crippen LogP contribution in [0.1, 0.15) is 25.8 Å². The predicted octanol–water partition coefficient (Wildman–Crippen LogP) is 2.87. The first-order chi connectivity index (χ1) is 8.26. The number of allylic oxidation sites excluding steroid dienone is 1. The maximum Gasteiger partial charge on any atom is 0.119 e. The molecule has 0 heterocycles. The summed E-state index contributed by atoms with van der Waals surface area (Å²) in [5, 5.41) is 9.20. The first-order valence-corrected chi connectivity index (χ1v) is 5.79. The van der Waals surface area contributed by atoms with Crippen molar-refractivity contribution in [3.8, 4) is 18.1 Å². The van der Waals surface area contributed by atoms with Crippen LogP contribution in [0.25, 0.3) is 5.57 Å². The van der Waals surface area contributed by atoms with Gasteiger partial charge in [0.15, 0.2) is 0 Å². The van der Waals surface area contributed by atoms with Crippen LogP contribution >= 0.6 is 0 Å².